The second kappa shape index (κ2) is 6.67. The maximum Gasteiger partial charge on any atom is 0.402 e. The lowest BCUT2D eigenvalue weighted by molar-refractivity contribution is -0.281. The minimum Gasteiger partial charge on any atom is -0.463 e. The molecule has 0 saturated heterocycles. The molecule has 0 bridgehead atoms. The van der Waals surface area contributed by atoms with E-state index in [4.69, 9.17) is 0 Å². The van der Waals surface area contributed by atoms with Crippen molar-refractivity contribution in [2.75, 3.05) is 13.2 Å². The standard InChI is InChI=1S/C10H13F6NO2/c1-3-19-8(18)4-6(2)17-5-7(9(11,12)13)10(14,15)16/h4,7,17H,3,5H2,1-2H3/b6-4-. The summed E-state index contributed by atoms with van der Waals surface area (Å²) in [5, 5.41) is 1.91. The van der Waals surface area contributed by atoms with Gasteiger partial charge in [0.25, 0.3) is 0 Å². The van der Waals surface area contributed by atoms with Gasteiger partial charge in [-0.2, -0.15) is 26.3 Å². The molecule has 0 spiro atoms. The fourth-order valence-corrected chi connectivity index (χ4v) is 1.09. The Kier molecular flexibility index (Phi) is 6.17. The number of nitrogens with one attached hydrogen (secondary N) is 1. The van der Waals surface area contributed by atoms with Gasteiger partial charge in [0.05, 0.1) is 6.61 Å². The first-order chi connectivity index (χ1) is 8.48. The van der Waals surface area contributed by atoms with Gasteiger partial charge < -0.3 is 10.1 Å². The number of ether oxygens (including phenoxy) is 1. The summed E-state index contributed by atoms with van der Waals surface area (Å²) >= 11 is 0. The zero-order chi connectivity index (χ0) is 15.3. The third-order valence-electron chi connectivity index (χ3n) is 2.00. The summed E-state index contributed by atoms with van der Waals surface area (Å²) in [6.07, 6.45) is -10.0. The number of carbonyl (C=O) groups is 1. The van der Waals surface area contributed by atoms with Gasteiger partial charge in [-0.05, 0) is 13.8 Å². The molecule has 0 unspecified atom stereocenters. The molecule has 0 aliphatic carbocycles. The highest BCUT2D eigenvalue weighted by Crippen LogP contribution is 2.38. The highest BCUT2D eigenvalue weighted by molar-refractivity contribution is 5.82. The third kappa shape index (κ3) is 6.92. The zero-order valence-corrected chi connectivity index (χ0v) is 10.2. The predicted octanol–water partition coefficient (Wildman–Crippen LogP) is 2.78. The lowest BCUT2D eigenvalue weighted by Gasteiger charge is -2.23. The molecule has 0 rings (SSSR count). The Hall–Kier alpha value is -1.41. The Labute approximate surface area is 105 Å². The van der Waals surface area contributed by atoms with Gasteiger partial charge in [0.1, 0.15) is 0 Å². The third-order valence-corrected chi connectivity index (χ3v) is 2.00. The monoisotopic (exact) mass is 293 g/mol. The SMILES string of the molecule is CCOC(=O)/C=C(/C)NCC(C(F)(F)F)C(F)(F)F. The highest BCUT2D eigenvalue weighted by Gasteiger charge is 2.56. The van der Waals surface area contributed by atoms with E-state index in [0.29, 0.717) is 0 Å². The van der Waals surface area contributed by atoms with Gasteiger partial charge in [0.2, 0.25) is 0 Å². The van der Waals surface area contributed by atoms with Gasteiger partial charge in [0.15, 0.2) is 5.92 Å². The molecule has 3 nitrogen and oxygen atoms in total. The fourth-order valence-electron chi connectivity index (χ4n) is 1.09. The average Bonchev–Trinajstić information content (AvgIpc) is 2.12. The highest BCUT2D eigenvalue weighted by atomic mass is 19.4. The van der Waals surface area contributed by atoms with E-state index in [-0.39, 0.29) is 12.3 Å². The van der Waals surface area contributed by atoms with Gasteiger partial charge in [-0.1, -0.05) is 0 Å². The van der Waals surface area contributed by atoms with Crippen LogP contribution in [0.1, 0.15) is 13.8 Å². The van der Waals surface area contributed by atoms with Crippen LogP contribution in [0.5, 0.6) is 0 Å². The molecule has 0 aliphatic rings. The van der Waals surface area contributed by atoms with Crippen molar-refractivity contribution in [2.24, 2.45) is 5.92 Å². The summed E-state index contributed by atoms with van der Waals surface area (Å²) in [5.74, 6) is -4.34. The van der Waals surface area contributed by atoms with Crippen LogP contribution < -0.4 is 5.32 Å². The summed E-state index contributed by atoms with van der Waals surface area (Å²) in [4.78, 5) is 10.9. The summed E-state index contributed by atoms with van der Waals surface area (Å²) in [6, 6.07) is 0. The van der Waals surface area contributed by atoms with Crippen molar-refractivity contribution < 1.29 is 35.9 Å². The smallest absolute Gasteiger partial charge is 0.402 e. The van der Waals surface area contributed by atoms with Crippen molar-refractivity contribution >= 4 is 5.97 Å². The number of halogens is 6. The molecule has 0 radical (unpaired) electrons. The minimum atomic E-state index is -5.41. The Balaban J connectivity index is 4.62. The number of rotatable bonds is 5. The molecule has 9 heteroatoms. The van der Waals surface area contributed by atoms with E-state index in [1.165, 1.54) is 13.8 Å². The Bertz CT molecular complexity index is 320. The summed E-state index contributed by atoms with van der Waals surface area (Å²) in [7, 11) is 0. The first kappa shape index (κ1) is 17.6. The van der Waals surface area contributed by atoms with Crippen molar-refractivity contribution in [2.45, 2.75) is 26.2 Å². The fraction of sp³-hybridized carbons (Fsp3) is 0.700. The van der Waals surface area contributed by atoms with Gasteiger partial charge in [-0.3, -0.25) is 0 Å². The molecule has 0 atom stereocenters. The molecule has 0 aromatic carbocycles. The van der Waals surface area contributed by atoms with Crippen LogP contribution in [0.15, 0.2) is 11.8 Å². The van der Waals surface area contributed by atoms with Gasteiger partial charge >= 0.3 is 18.3 Å². The molecule has 0 aromatic heterocycles. The quantitative estimate of drug-likeness (QED) is 0.481. The number of allylic oxidation sites excluding steroid dienone is 1. The first-order valence-corrected chi connectivity index (χ1v) is 5.20. The second-order valence-electron chi connectivity index (χ2n) is 3.60. The van der Waals surface area contributed by atoms with Crippen molar-refractivity contribution in [3.63, 3.8) is 0 Å². The van der Waals surface area contributed by atoms with E-state index in [1.807, 2.05) is 5.32 Å². The molecule has 0 aromatic rings. The topological polar surface area (TPSA) is 38.3 Å². The van der Waals surface area contributed by atoms with Crippen LogP contribution in [-0.4, -0.2) is 31.5 Å². The molecule has 1 N–H and O–H groups in total. The maximum atomic E-state index is 12.2. The van der Waals surface area contributed by atoms with Gasteiger partial charge in [-0.25, -0.2) is 4.79 Å². The van der Waals surface area contributed by atoms with E-state index >= 15 is 0 Å². The van der Waals surface area contributed by atoms with Crippen molar-refractivity contribution in [1.82, 2.24) is 5.32 Å². The summed E-state index contributed by atoms with van der Waals surface area (Å²) in [5.41, 5.74) is -0.142. The summed E-state index contributed by atoms with van der Waals surface area (Å²) in [6.45, 7) is 1.34. The Morgan fingerprint density at radius 2 is 1.68 bits per heavy atom. The molecule has 19 heavy (non-hydrogen) atoms. The van der Waals surface area contributed by atoms with E-state index < -0.39 is 30.8 Å². The minimum absolute atomic E-state index is 0.0519. The van der Waals surface area contributed by atoms with Crippen LogP contribution in [0, 0.1) is 5.92 Å². The number of esters is 1. The molecule has 0 fully saturated rings. The number of carbonyl (C=O) groups excluding carboxylic acids is 1. The number of alkyl halides is 6. The van der Waals surface area contributed by atoms with Crippen LogP contribution in [0.2, 0.25) is 0 Å². The summed E-state index contributed by atoms with van der Waals surface area (Å²) < 4.78 is 77.5. The van der Waals surface area contributed by atoms with Crippen molar-refractivity contribution in [1.29, 1.82) is 0 Å². The second-order valence-corrected chi connectivity index (χ2v) is 3.60. The van der Waals surface area contributed by atoms with Crippen LogP contribution in [0.3, 0.4) is 0 Å². The maximum absolute atomic E-state index is 12.2. The molecular weight excluding hydrogens is 280 g/mol. The molecule has 0 aliphatic heterocycles. The molecular formula is C10H13F6NO2. The van der Waals surface area contributed by atoms with Gasteiger partial charge in [0, 0.05) is 18.3 Å². The number of hydrogen-bond acceptors (Lipinski definition) is 3. The van der Waals surface area contributed by atoms with E-state index in [9.17, 15) is 31.1 Å². The van der Waals surface area contributed by atoms with Crippen LogP contribution in [-0.2, 0) is 9.53 Å². The molecule has 0 saturated carbocycles. The Morgan fingerprint density at radius 3 is 2.05 bits per heavy atom. The van der Waals surface area contributed by atoms with Crippen molar-refractivity contribution in [3.8, 4) is 0 Å². The lowest BCUT2D eigenvalue weighted by atomic mass is 10.1. The molecule has 0 heterocycles. The molecule has 112 valence electrons. The molecule has 0 amide bonds. The predicted molar refractivity (Wildman–Crippen MR) is 54.0 cm³/mol. The van der Waals surface area contributed by atoms with Gasteiger partial charge in [-0.15, -0.1) is 0 Å². The van der Waals surface area contributed by atoms with E-state index in [2.05, 4.69) is 4.74 Å². The van der Waals surface area contributed by atoms with E-state index in [0.717, 1.165) is 6.08 Å². The van der Waals surface area contributed by atoms with Crippen molar-refractivity contribution in [3.05, 3.63) is 11.8 Å². The zero-order valence-electron chi connectivity index (χ0n) is 10.2. The largest absolute Gasteiger partial charge is 0.463 e. The van der Waals surface area contributed by atoms with Crippen LogP contribution in [0.4, 0.5) is 26.3 Å². The normalized spacial score (nSPS) is 13.6. The van der Waals surface area contributed by atoms with E-state index in [1.54, 1.807) is 0 Å². The lowest BCUT2D eigenvalue weighted by Crippen LogP contribution is -2.43. The van der Waals surface area contributed by atoms with Crippen LogP contribution >= 0.6 is 0 Å². The Morgan fingerprint density at radius 1 is 1.21 bits per heavy atom. The first-order valence-electron chi connectivity index (χ1n) is 5.20. The average molecular weight is 293 g/mol. The number of hydrogen-bond donors (Lipinski definition) is 1. The van der Waals surface area contributed by atoms with Crippen LogP contribution in [0.25, 0.3) is 0 Å².